The van der Waals surface area contributed by atoms with Crippen LogP contribution in [0.1, 0.15) is 30.8 Å². The summed E-state index contributed by atoms with van der Waals surface area (Å²) in [6, 6.07) is 8.21. The number of aryl methyl sites for hydroxylation is 2. The van der Waals surface area contributed by atoms with E-state index in [1.54, 1.807) is 11.3 Å². The molecule has 1 aromatic heterocycles. The Morgan fingerprint density at radius 1 is 1.32 bits per heavy atom. The third kappa shape index (κ3) is 3.88. The molecule has 19 heavy (non-hydrogen) atoms. The van der Waals surface area contributed by atoms with Gasteiger partial charge in [0.1, 0.15) is 5.01 Å². The summed E-state index contributed by atoms with van der Waals surface area (Å²) >= 11 is 5.36. The standard InChI is InChI=1S/C15H19BrN2S/c1-10-13(8-9-15(2,3)17)19-14(18-10)11-6-4-5-7-12(11)16/h4-7H,8-9,17H2,1-3H3. The van der Waals surface area contributed by atoms with Crippen LogP contribution in [0.5, 0.6) is 0 Å². The van der Waals surface area contributed by atoms with Crippen molar-refractivity contribution in [2.75, 3.05) is 0 Å². The Balaban J connectivity index is 2.24. The first-order valence-corrected chi connectivity index (χ1v) is 7.98. The van der Waals surface area contributed by atoms with Crippen LogP contribution in [0.3, 0.4) is 0 Å². The van der Waals surface area contributed by atoms with Crippen LogP contribution in [0, 0.1) is 6.92 Å². The lowest BCUT2D eigenvalue weighted by Gasteiger charge is -2.17. The fourth-order valence-corrected chi connectivity index (χ4v) is 3.55. The second kappa shape index (κ2) is 5.73. The van der Waals surface area contributed by atoms with Gasteiger partial charge in [-0.05, 0) is 39.7 Å². The van der Waals surface area contributed by atoms with Crippen LogP contribution in [0.25, 0.3) is 10.6 Å². The molecule has 0 amide bonds. The summed E-state index contributed by atoms with van der Waals surface area (Å²) < 4.78 is 1.09. The van der Waals surface area contributed by atoms with Crippen molar-refractivity contribution in [2.45, 2.75) is 39.2 Å². The van der Waals surface area contributed by atoms with Gasteiger partial charge in [0.25, 0.3) is 0 Å². The van der Waals surface area contributed by atoms with Crippen molar-refractivity contribution in [1.82, 2.24) is 4.98 Å². The molecule has 0 fully saturated rings. The molecule has 2 N–H and O–H groups in total. The Bertz CT molecular complexity index is 570. The molecule has 1 aromatic carbocycles. The maximum atomic E-state index is 6.05. The Morgan fingerprint density at radius 2 is 2.00 bits per heavy atom. The Morgan fingerprint density at radius 3 is 2.63 bits per heavy atom. The summed E-state index contributed by atoms with van der Waals surface area (Å²) in [4.78, 5) is 6.03. The maximum Gasteiger partial charge on any atom is 0.124 e. The lowest BCUT2D eigenvalue weighted by atomic mass is 9.99. The van der Waals surface area contributed by atoms with E-state index in [0.29, 0.717) is 0 Å². The van der Waals surface area contributed by atoms with Gasteiger partial charge in [0.2, 0.25) is 0 Å². The number of benzene rings is 1. The van der Waals surface area contributed by atoms with E-state index in [-0.39, 0.29) is 5.54 Å². The number of halogens is 1. The van der Waals surface area contributed by atoms with Crippen LogP contribution in [0.4, 0.5) is 0 Å². The second-order valence-corrected chi connectivity index (χ2v) is 7.43. The first-order valence-electron chi connectivity index (χ1n) is 6.37. The highest BCUT2D eigenvalue weighted by Crippen LogP contribution is 2.33. The van der Waals surface area contributed by atoms with Gasteiger partial charge in [-0.15, -0.1) is 11.3 Å². The number of hydrogen-bond donors (Lipinski definition) is 1. The number of hydrogen-bond acceptors (Lipinski definition) is 3. The normalized spacial score (nSPS) is 11.8. The molecule has 0 saturated carbocycles. The molecular formula is C15H19BrN2S. The van der Waals surface area contributed by atoms with Crippen LogP contribution >= 0.6 is 27.3 Å². The van der Waals surface area contributed by atoms with Gasteiger partial charge in [-0.25, -0.2) is 4.98 Å². The average Bonchev–Trinajstić information content (AvgIpc) is 2.68. The number of nitrogens with zero attached hydrogens (tertiary/aromatic N) is 1. The first-order chi connectivity index (χ1) is 8.87. The first kappa shape index (κ1) is 14.7. The van der Waals surface area contributed by atoms with E-state index >= 15 is 0 Å². The molecule has 102 valence electrons. The van der Waals surface area contributed by atoms with Gasteiger partial charge >= 0.3 is 0 Å². The molecule has 0 atom stereocenters. The lowest BCUT2D eigenvalue weighted by Crippen LogP contribution is -2.32. The number of thiazole rings is 1. The molecule has 0 bridgehead atoms. The molecule has 0 aliphatic heterocycles. The third-order valence-electron chi connectivity index (χ3n) is 2.99. The molecule has 0 aliphatic rings. The third-order valence-corrected chi connectivity index (χ3v) is 4.94. The van der Waals surface area contributed by atoms with Gasteiger partial charge in [0.15, 0.2) is 0 Å². The minimum atomic E-state index is -0.121. The van der Waals surface area contributed by atoms with E-state index in [1.165, 1.54) is 4.88 Å². The molecule has 0 aliphatic carbocycles. The predicted octanol–water partition coefficient (Wildman–Crippen LogP) is 4.55. The zero-order valence-corrected chi connectivity index (χ0v) is 13.9. The molecule has 2 rings (SSSR count). The Hall–Kier alpha value is -0.710. The van der Waals surface area contributed by atoms with Crippen molar-refractivity contribution in [2.24, 2.45) is 5.73 Å². The van der Waals surface area contributed by atoms with Gasteiger partial charge in [-0.1, -0.05) is 34.1 Å². The largest absolute Gasteiger partial charge is 0.326 e. The quantitative estimate of drug-likeness (QED) is 0.887. The summed E-state index contributed by atoms with van der Waals surface area (Å²) in [6.45, 7) is 6.21. The summed E-state index contributed by atoms with van der Waals surface area (Å²) in [5, 5.41) is 1.08. The number of aromatic nitrogens is 1. The highest BCUT2D eigenvalue weighted by Gasteiger charge is 2.15. The van der Waals surface area contributed by atoms with E-state index in [0.717, 1.165) is 33.6 Å². The molecule has 4 heteroatoms. The fourth-order valence-electron chi connectivity index (χ4n) is 1.85. The SMILES string of the molecule is Cc1nc(-c2ccccc2Br)sc1CCC(C)(C)N. The van der Waals surface area contributed by atoms with Gasteiger partial charge in [-0.3, -0.25) is 0 Å². The van der Waals surface area contributed by atoms with Gasteiger partial charge in [-0.2, -0.15) is 0 Å². The van der Waals surface area contributed by atoms with E-state index in [2.05, 4.69) is 48.8 Å². The van der Waals surface area contributed by atoms with Crippen LogP contribution in [-0.2, 0) is 6.42 Å². The number of rotatable bonds is 4. The van der Waals surface area contributed by atoms with Crippen molar-refractivity contribution in [3.63, 3.8) is 0 Å². The van der Waals surface area contributed by atoms with Crippen LogP contribution in [0.2, 0.25) is 0 Å². The minimum Gasteiger partial charge on any atom is -0.326 e. The molecule has 2 nitrogen and oxygen atoms in total. The van der Waals surface area contributed by atoms with Gasteiger partial charge < -0.3 is 5.73 Å². The monoisotopic (exact) mass is 338 g/mol. The molecular weight excluding hydrogens is 320 g/mol. The van der Waals surface area contributed by atoms with Crippen LogP contribution in [-0.4, -0.2) is 10.5 Å². The minimum absolute atomic E-state index is 0.121. The number of nitrogens with two attached hydrogens (primary N) is 1. The Kier molecular flexibility index (Phi) is 4.43. The van der Waals surface area contributed by atoms with E-state index in [9.17, 15) is 0 Å². The van der Waals surface area contributed by atoms with E-state index in [1.807, 2.05) is 12.1 Å². The van der Waals surface area contributed by atoms with Crippen molar-refractivity contribution in [3.8, 4) is 10.6 Å². The second-order valence-electron chi connectivity index (χ2n) is 5.50. The average molecular weight is 339 g/mol. The Labute approximate surface area is 127 Å². The molecule has 2 aromatic rings. The molecule has 1 heterocycles. The summed E-state index contributed by atoms with van der Waals surface area (Å²) in [5.74, 6) is 0. The summed E-state index contributed by atoms with van der Waals surface area (Å²) in [5.41, 5.74) is 8.22. The maximum absolute atomic E-state index is 6.05. The van der Waals surface area contributed by atoms with Crippen molar-refractivity contribution in [3.05, 3.63) is 39.3 Å². The van der Waals surface area contributed by atoms with Crippen LogP contribution in [0.15, 0.2) is 28.7 Å². The summed E-state index contributed by atoms with van der Waals surface area (Å²) in [7, 11) is 0. The zero-order valence-electron chi connectivity index (χ0n) is 11.5. The van der Waals surface area contributed by atoms with Crippen LogP contribution < -0.4 is 5.73 Å². The fraction of sp³-hybridized carbons (Fsp3) is 0.400. The molecule has 0 radical (unpaired) electrons. The predicted molar refractivity (Wildman–Crippen MR) is 86.6 cm³/mol. The highest BCUT2D eigenvalue weighted by atomic mass is 79.9. The molecule has 0 unspecified atom stereocenters. The van der Waals surface area contributed by atoms with Gasteiger partial charge in [0.05, 0.1) is 5.69 Å². The van der Waals surface area contributed by atoms with Crippen molar-refractivity contribution >= 4 is 27.3 Å². The van der Waals surface area contributed by atoms with E-state index in [4.69, 9.17) is 10.7 Å². The zero-order chi connectivity index (χ0) is 14.0. The molecule has 0 spiro atoms. The van der Waals surface area contributed by atoms with Gasteiger partial charge in [0, 0.05) is 20.5 Å². The van der Waals surface area contributed by atoms with Crippen molar-refractivity contribution in [1.29, 1.82) is 0 Å². The molecule has 0 saturated heterocycles. The van der Waals surface area contributed by atoms with Crippen molar-refractivity contribution < 1.29 is 0 Å². The highest BCUT2D eigenvalue weighted by molar-refractivity contribution is 9.10. The summed E-state index contributed by atoms with van der Waals surface area (Å²) in [6.07, 6.45) is 1.98. The smallest absolute Gasteiger partial charge is 0.124 e. The lowest BCUT2D eigenvalue weighted by molar-refractivity contribution is 0.478. The van der Waals surface area contributed by atoms with E-state index < -0.39 is 0 Å². The topological polar surface area (TPSA) is 38.9 Å².